The highest BCUT2D eigenvalue weighted by Crippen LogP contribution is 2.41. The summed E-state index contributed by atoms with van der Waals surface area (Å²) in [5.74, 6) is 0. The monoisotopic (exact) mass is 273 g/mol. The summed E-state index contributed by atoms with van der Waals surface area (Å²) >= 11 is 5.95. The third kappa shape index (κ3) is 1.98. The zero-order valence-corrected chi connectivity index (χ0v) is 11.5. The van der Waals surface area contributed by atoms with Crippen LogP contribution in [0, 0.1) is 0 Å². The van der Waals surface area contributed by atoms with E-state index in [-0.39, 0.29) is 11.3 Å². The summed E-state index contributed by atoms with van der Waals surface area (Å²) in [6, 6.07) is 4.88. The Morgan fingerprint density at radius 3 is 2.65 bits per heavy atom. The van der Waals surface area contributed by atoms with Gasteiger partial charge in [0.05, 0.1) is 16.2 Å². The summed E-state index contributed by atoms with van der Waals surface area (Å²) in [5.41, 5.74) is 0.811. The summed E-state index contributed by atoms with van der Waals surface area (Å²) in [6.07, 6.45) is 0.603. The number of sulfone groups is 1. The van der Waals surface area contributed by atoms with Gasteiger partial charge in [0.1, 0.15) is 0 Å². The van der Waals surface area contributed by atoms with Crippen molar-refractivity contribution in [1.82, 2.24) is 5.32 Å². The van der Waals surface area contributed by atoms with Gasteiger partial charge in [0, 0.05) is 5.02 Å². The predicted molar refractivity (Wildman–Crippen MR) is 69.1 cm³/mol. The van der Waals surface area contributed by atoms with Crippen LogP contribution in [0.1, 0.15) is 31.9 Å². The van der Waals surface area contributed by atoms with Crippen LogP contribution in [0.5, 0.6) is 0 Å². The summed E-state index contributed by atoms with van der Waals surface area (Å²) in [7, 11) is -3.21. The first-order chi connectivity index (χ1) is 8.02. The number of benzene rings is 1. The van der Waals surface area contributed by atoms with Crippen molar-refractivity contribution in [1.29, 1.82) is 0 Å². The normalized spacial score (nSPS) is 25.8. The molecule has 1 aromatic rings. The van der Waals surface area contributed by atoms with Crippen LogP contribution in [0.2, 0.25) is 5.02 Å². The van der Waals surface area contributed by atoms with E-state index >= 15 is 0 Å². The Balaban J connectivity index is 2.60. The molecule has 1 aliphatic rings. The molecule has 2 unspecified atom stereocenters. The number of halogens is 1. The number of hydrogen-bond donors (Lipinski definition) is 1. The maximum absolute atomic E-state index is 12.3. The first-order valence-electron chi connectivity index (χ1n) is 5.79. The predicted octanol–water partition coefficient (Wildman–Crippen LogP) is 2.56. The van der Waals surface area contributed by atoms with E-state index in [0.717, 1.165) is 12.1 Å². The molecule has 94 valence electrons. The standard InChI is InChI=1S/C12H16ClNO2S/c1-3-10-12(14-4-2)9-7-8(13)5-6-11(9)17(10,15)16/h5-7,10,12,14H,3-4H2,1-2H3. The van der Waals surface area contributed by atoms with Crippen molar-refractivity contribution in [3.63, 3.8) is 0 Å². The first kappa shape index (κ1) is 12.9. The van der Waals surface area contributed by atoms with Gasteiger partial charge in [-0.2, -0.15) is 0 Å². The molecule has 1 N–H and O–H groups in total. The van der Waals surface area contributed by atoms with Crippen LogP contribution in [-0.2, 0) is 9.84 Å². The zero-order chi connectivity index (χ0) is 12.6. The highest BCUT2D eigenvalue weighted by molar-refractivity contribution is 7.92. The molecule has 2 rings (SSSR count). The third-order valence-corrected chi connectivity index (χ3v) is 5.83. The Morgan fingerprint density at radius 1 is 1.35 bits per heavy atom. The molecule has 0 amide bonds. The minimum atomic E-state index is -3.21. The lowest BCUT2D eigenvalue weighted by Gasteiger charge is -2.18. The van der Waals surface area contributed by atoms with Crippen molar-refractivity contribution in [3.05, 3.63) is 28.8 Å². The Bertz CT molecular complexity index is 527. The number of hydrogen-bond acceptors (Lipinski definition) is 3. The van der Waals surface area contributed by atoms with E-state index in [1.54, 1.807) is 18.2 Å². The molecule has 0 spiro atoms. The molecular formula is C12H16ClNO2S. The van der Waals surface area contributed by atoms with Crippen LogP contribution >= 0.6 is 11.6 Å². The zero-order valence-electron chi connectivity index (χ0n) is 9.90. The molecule has 17 heavy (non-hydrogen) atoms. The number of nitrogens with one attached hydrogen (secondary N) is 1. The molecule has 1 aromatic carbocycles. The minimum Gasteiger partial charge on any atom is -0.309 e. The fraction of sp³-hybridized carbons (Fsp3) is 0.500. The second-order valence-corrected chi connectivity index (χ2v) is 6.78. The largest absolute Gasteiger partial charge is 0.309 e. The molecule has 3 nitrogen and oxygen atoms in total. The van der Waals surface area contributed by atoms with Gasteiger partial charge in [0.15, 0.2) is 9.84 Å². The summed E-state index contributed by atoms with van der Waals surface area (Å²) in [6.45, 7) is 4.62. The van der Waals surface area contributed by atoms with E-state index in [1.165, 1.54) is 0 Å². The van der Waals surface area contributed by atoms with E-state index < -0.39 is 9.84 Å². The molecule has 0 aromatic heterocycles. The molecule has 0 saturated carbocycles. The molecule has 0 bridgehead atoms. The molecule has 0 fully saturated rings. The van der Waals surface area contributed by atoms with E-state index in [2.05, 4.69) is 5.32 Å². The van der Waals surface area contributed by atoms with Crippen LogP contribution in [-0.4, -0.2) is 20.2 Å². The molecular weight excluding hydrogens is 258 g/mol. The van der Waals surface area contributed by atoms with Gasteiger partial charge in [0.2, 0.25) is 0 Å². The SMILES string of the molecule is CCNC1c2cc(Cl)ccc2S(=O)(=O)C1CC. The smallest absolute Gasteiger partial charge is 0.183 e. The molecule has 0 radical (unpaired) electrons. The van der Waals surface area contributed by atoms with Crippen molar-refractivity contribution in [2.24, 2.45) is 0 Å². The molecule has 1 aliphatic heterocycles. The highest BCUT2D eigenvalue weighted by Gasteiger charge is 2.43. The van der Waals surface area contributed by atoms with Crippen molar-refractivity contribution in [2.75, 3.05) is 6.54 Å². The van der Waals surface area contributed by atoms with E-state index in [9.17, 15) is 8.42 Å². The van der Waals surface area contributed by atoms with Crippen molar-refractivity contribution in [2.45, 2.75) is 36.5 Å². The van der Waals surface area contributed by atoms with Gasteiger partial charge in [-0.1, -0.05) is 25.4 Å². The maximum Gasteiger partial charge on any atom is 0.183 e. The van der Waals surface area contributed by atoms with Gasteiger partial charge in [-0.05, 0) is 36.7 Å². The second-order valence-electron chi connectivity index (χ2n) is 4.21. The van der Waals surface area contributed by atoms with E-state index in [1.807, 2.05) is 13.8 Å². The highest BCUT2D eigenvalue weighted by atomic mass is 35.5. The topological polar surface area (TPSA) is 46.2 Å². The average Bonchev–Trinajstić information content (AvgIpc) is 2.47. The van der Waals surface area contributed by atoms with E-state index in [4.69, 9.17) is 11.6 Å². The quantitative estimate of drug-likeness (QED) is 0.921. The Hall–Kier alpha value is -0.580. The van der Waals surface area contributed by atoms with Crippen LogP contribution in [0.3, 0.4) is 0 Å². The van der Waals surface area contributed by atoms with Crippen molar-refractivity contribution < 1.29 is 8.42 Å². The Morgan fingerprint density at radius 2 is 2.06 bits per heavy atom. The maximum atomic E-state index is 12.3. The third-order valence-electron chi connectivity index (χ3n) is 3.21. The van der Waals surface area contributed by atoms with Crippen LogP contribution in [0.4, 0.5) is 0 Å². The van der Waals surface area contributed by atoms with E-state index in [0.29, 0.717) is 16.3 Å². The Kier molecular flexibility index (Phi) is 3.48. The van der Waals surface area contributed by atoms with Gasteiger partial charge in [-0.25, -0.2) is 8.42 Å². The lowest BCUT2D eigenvalue weighted by atomic mass is 10.0. The van der Waals surface area contributed by atoms with Gasteiger partial charge in [-0.15, -0.1) is 0 Å². The molecule has 2 atom stereocenters. The molecule has 5 heteroatoms. The van der Waals surface area contributed by atoms with Gasteiger partial charge < -0.3 is 5.32 Å². The molecule has 1 heterocycles. The summed E-state index contributed by atoms with van der Waals surface area (Å²) < 4.78 is 24.7. The lowest BCUT2D eigenvalue weighted by Crippen LogP contribution is -2.31. The van der Waals surface area contributed by atoms with Gasteiger partial charge >= 0.3 is 0 Å². The van der Waals surface area contributed by atoms with Crippen LogP contribution in [0.25, 0.3) is 0 Å². The van der Waals surface area contributed by atoms with Crippen molar-refractivity contribution >= 4 is 21.4 Å². The average molecular weight is 274 g/mol. The van der Waals surface area contributed by atoms with Crippen LogP contribution in [0.15, 0.2) is 23.1 Å². The van der Waals surface area contributed by atoms with Crippen LogP contribution < -0.4 is 5.32 Å². The minimum absolute atomic E-state index is 0.135. The number of fused-ring (bicyclic) bond motifs is 1. The molecule has 0 saturated heterocycles. The fourth-order valence-electron chi connectivity index (χ4n) is 2.48. The number of rotatable bonds is 3. The first-order valence-corrected chi connectivity index (χ1v) is 7.71. The summed E-state index contributed by atoms with van der Waals surface area (Å²) in [4.78, 5) is 0.430. The lowest BCUT2D eigenvalue weighted by molar-refractivity contribution is 0.505. The van der Waals surface area contributed by atoms with Crippen molar-refractivity contribution in [3.8, 4) is 0 Å². The second kappa shape index (κ2) is 4.59. The molecule has 0 aliphatic carbocycles. The Labute approximate surface area is 107 Å². The summed E-state index contributed by atoms with van der Waals surface area (Å²) in [5, 5.41) is 3.45. The van der Waals surface area contributed by atoms with Gasteiger partial charge in [0.25, 0.3) is 0 Å². The van der Waals surface area contributed by atoms with Gasteiger partial charge in [-0.3, -0.25) is 0 Å². The fourth-order valence-corrected chi connectivity index (χ4v) is 4.80.